The van der Waals surface area contributed by atoms with Crippen molar-refractivity contribution in [1.82, 2.24) is 5.32 Å². The number of rotatable bonds is 40. The number of likely N-dealkylation sites (N-methyl/N-ethyl adjacent to an activating group) is 1. The molecule has 0 aliphatic carbocycles. The molecular weight excluding hydrogens is 597 g/mol. The number of hydrogen-bond donors (Lipinski definition) is 2. The number of ether oxygens (including phenoxy) is 2. The predicted octanol–water partition coefficient (Wildman–Crippen LogP) is 11.7. The summed E-state index contributed by atoms with van der Waals surface area (Å²) in [6, 6.07) is 0. The minimum absolute atomic E-state index is 0.00925. The highest BCUT2D eigenvalue weighted by atomic mass is 31.2. The number of unbranched alkanes of at least 4 members (excludes halogenated alkanes) is 26. The van der Waals surface area contributed by atoms with Gasteiger partial charge < -0.3 is 19.7 Å². The van der Waals surface area contributed by atoms with Crippen molar-refractivity contribution in [2.75, 3.05) is 46.6 Å². The molecule has 0 spiro atoms. The molecule has 0 aliphatic rings. The number of phosphoric ester groups is 1. The van der Waals surface area contributed by atoms with Crippen LogP contribution in [0.4, 0.5) is 0 Å². The van der Waals surface area contributed by atoms with Gasteiger partial charge in [0.2, 0.25) is 0 Å². The first-order valence-corrected chi connectivity index (χ1v) is 21.5. The Balaban J connectivity index is 3.95. The minimum atomic E-state index is -4.10. The summed E-state index contributed by atoms with van der Waals surface area (Å²) in [5, 5.41) is 2.89. The largest absolute Gasteiger partial charge is 0.472 e. The molecule has 2 N–H and O–H groups in total. The van der Waals surface area contributed by atoms with E-state index in [0.29, 0.717) is 26.4 Å². The lowest BCUT2D eigenvalue weighted by atomic mass is 10.0. The average molecular weight is 678 g/mol. The molecule has 1 unspecified atom stereocenters. The van der Waals surface area contributed by atoms with Crippen LogP contribution in [0.25, 0.3) is 0 Å². The Bertz CT molecular complexity index is 626. The van der Waals surface area contributed by atoms with Crippen molar-refractivity contribution in [3.05, 3.63) is 0 Å². The summed E-state index contributed by atoms with van der Waals surface area (Å²) in [7, 11) is -2.34. The van der Waals surface area contributed by atoms with Crippen molar-refractivity contribution in [3.63, 3.8) is 0 Å². The lowest BCUT2D eigenvalue weighted by molar-refractivity contribution is -0.0443. The van der Waals surface area contributed by atoms with Crippen LogP contribution in [0.5, 0.6) is 0 Å². The van der Waals surface area contributed by atoms with Crippen LogP contribution in [-0.4, -0.2) is 57.6 Å². The Morgan fingerprint density at radius 2 is 0.870 bits per heavy atom. The topological polar surface area (TPSA) is 86.3 Å². The first-order valence-electron chi connectivity index (χ1n) is 20.0. The summed E-state index contributed by atoms with van der Waals surface area (Å²) in [6.45, 7) is 6.81. The molecule has 8 heteroatoms. The average Bonchev–Trinajstić information content (AvgIpc) is 3.04. The summed E-state index contributed by atoms with van der Waals surface area (Å²) in [5.41, 5.74) is 0. The molecular formula is C38H80NO6P. The highest BCUT2D eigenvalue weighted by Gasteiger charge is 2.23. The molecule has 7 nitrogen and oxygen atoms in total. The Labute approximate surface area is 287 Å². The first kappa shape index (κ1) is 46.0. The molecule has 0 aliphatic heterocycles. The van der Waals surface area contributed by atoms with E-state index in [0.717, 1.165) is 19.3 Å². The molecule has 0 saturated carbocycles. The number of hydrogen-bond acceptors (Lipinski definition) is 6. The van der Waals surface area contributed by atoms with E-state index < -0.39 is 7.82 Å². The van der Waals surface area contributed by atoms with E-state index in [4.69, 9.17) is 18.5 Å². The lowest BCUT2D eigenvalue weighted by Gasteiger charge is -2.20. The van der Waals surface area contributed by atoms with Crippen LogP contribution < -0.4 is 5.32 Å². The summed E-state index contributed by atoms with van der Waals surface area (Å²) in [6.07, 6.45) is 36.8. The summed E-state index contributed by atoms with van der Waals surface area (Å²) < 4.78 is 34.4. The first-order chi connectivity index (χ1) is 22.6. The van der Waals surface area contributed by atoms with Gasteiger partial charge in [-0.1, -0.05) is 181 Å². The molecule has 0 fully saturated rings. The third-order valence-electron chi connectivity index (χ3n) is 8.83. The minimum Gasteiger partial charge on any atom is -0.379 e. The third-order valence-corrected chi connectivity index (χ3v) is 9.81. The van der Waals surface area contributed by atoms with Crippen molar-refractivity contribution >= 4 is 7.82 Å². The van der Waals surface area contributed by atoms with Gasteiger partial charge in [0, 0.05) is 19.8 Å². The molecule has 278 valence electrons. The molecule has 0 radical (unpaired) electrons. The van der Waals surface area contributed by atoms with Gasteiger partial charge in [0.05, 0.1) is 19.8 Å². The van der Waals surface area contributed by atoms with E-state index in [1.165, 1.54) is 161 Å². The number of nitrogens with one attached hydrogen (secondary N) is 1. The maximum absolute atomic E-state index is 12.2. The van der Waals surface area contributed by atoms with Crippen molar-refractivity contribution < 1.29 is 28.0 Å². The Morgan fingerprint density at radius 3 is 1.26 bits per heavy atom. The zero-order chi connectivity index (χ0) is 33.7. The Hall–Kier alpha value is -0.0100. The SMILES string of the molecule is CCCCCCCCCCCCCCCCOC[C@@H](COP(=O)(O)OCCNC)OCCCCCCCCCCCCCCCC. The fourth-order valence-corrected chi connectivity index (χ4v) is 6.53. The zero-order valence-electron chi connectivity index (χ0n) is 31.1. The van der Waals surface area contributed by atoms with Gasteiger partial charge in [-0.05, 0) is 19.9 Å². The van der Waals surface area contributed by atoms with Crippen LogP contribution in [0.15, 0.2) is 0 Å². The van der Waals surface area contributed by atoms with Crippen LogP contribution in [0.2, 0.25) is 0 Å². The van der Waals surface area contributed by atoms with Gasteiger partial charge in [-0.15, -0.1) is 0 Å². The van der Waals surface area contributed by atoms with Crippen LogP contribution >= 0.6 is 7.82 Å². The predicted molar refractivity (Wildman–Crippen MR) is 197 cm³/mol. The molecule has 46 heavy (non-hydrogen) atoms. The van der Waals surface area contributed by atoms with Gasteiger partial charge in [0.15, 0.2) is 0 Å². The quantitative estimate of drug-likeness (QED) is 0.0493. The molecule has 0 rings (SSSR count). The van der Waals surface area contributed by atoms with E-state index in [9.17, 15) is 9.46 Å². The van der Waals surface area contributed by atoms with E-state index in [-0.39, 0.29) is 19.3 Å². The molecule has 0 heterocycles. The third kappa shape index (κ3) is 36.8. The van der Waals surface area contributed by atoms with Crippen molar-refractivity contribution in [1.29, 1.82) is 0 Å². The molecule has 0 amide bonds. The maximum atomic E-state index is 12.2. The zero-order valence-corrected chi connectivity index (χ0v) is 31.9. The van der Waals surface area contributed by atoms with Gasteiger partial charge in [-0.3, -0.25) is 9.05 Å². The molecule has 0 aromatic heterocycles. The van der Waals surface area contributed by atoms with Gasteiger partial charge in [0.1, 0.15) is 6.10 Å². The van der Waals surface area contributed by atoms with E-state index >= 15 is 0 Å². The second-order valence-electron chi connectivity index (χ2n) is 13.5. The fraction of sp³-hybridized carbons (Fsp3) is 1.00. The Morgan fingerprint density at radius 1 is 0.500 bits per heavy atom. The van der Waals surface area contributed by atoms with Gasteiger partial charge in [-0.2, -0.15) is 0 Å². The normalized spacial score (nSPS) is 13.7. The van der Waals surface area contributed by atoms with E-state index in [2.05, 4.69) is 19.2 Å². The summed E-state index contributed by atoms with van der Waals surface area (Å²) in [4.78, 5) is 9.99. The maximum Gasteiger partial charge on any atom is 0.472 e. The molecule has 2 atom stereocenters. The Kier molecular flexibility index (Phi) is 37.8. The van der Waals surface area contributed by atoms with Gasteiger partial charge >= 0.3 is 7.82 Å². The molecule has 0 saturated heterocycles. The monoisotopic (exact) mass is 678 g/mol. The lowest BCUT2D eigenvalue weighted by Crippen LogP contribution is -2.26. The highest BCUT2D eigenvalue weighted by Crippen LogP contribution is 2.43. The van der Waals surface area contributed by atoms with Crippen molar-refractivity contribution in [2.24, 2.45) is 0 Å². The second-order valence-corrected chi connectivity index (χ2v) is 14.9. The molecule has 0 aromatic carbocycles. The smallest absolute Gasteiger partial charge is 0.379 e. The van der Waals surface area contributed by atoms with Crippen LogP contribution in [0.1, 0.15) is 194 Å². The van der Waals surface area contributed by atoms with Gasteiger partial charge in [0.25, 0.3) is 0 Å². The van der Waals surface area contributed by atoms with Gasteiger partial charge in [-0.25, -0.2) is 4.57 Å². The molecule has 0 aromatic rings. The highest BCUT2D eigenvalue weighted by molar-refractivity contribution is 7.47. The fourth-order valence-electron chi connectivity index (χ4n) is 5.78. The summed E-state index contributed by atoms with van der Waals surface area (Å²) >= 11 is 0. The van der Waals surface area contributed by atoms with E-state index in [1.807, 2.05) is 0 Å². The van der Waals surface area contributed by atoms with Crippen LogP contribution in [0.3, 0.4) is 0 Å². The summed E-state index contributed by atoms with van der Waals surface area (Å²) in [5.74, 6) is 0. The second kappa shape index (κ2) is 37.8. The van der Waals surface area contributed by atoms with E-state index in [1.54, 1.807) is 7.05 Å². The number of phosphoric acid groups is 1. The molecule has 0 bridgehead atoms. The standard InChI is InChI=1S/C38H80NO6P/c1-4-6-8-10-12-14-16-18-20-22-24-26-28-30-33-42-36-38(37-45-46(40,41)44-35-32-39-3)43-34-31-29-27-25-23-21-19-17-15-13-11-9-7-5-2/h38-39H,4-37H2,1-3H3,(H,40,41)/t38-/m0/s1. The van der Waals surface area contributed by atoms with Crippen LogP contribution in [0, 0.1) is 0 Å². The van der Waals surface area contributed by atoms with Crippen molar-refractivity contribution in [2.45, 2.75) is 200 Å². The van der Waals surface area contributed by atoms with Crippen molar-refractivity contribution in [3.8, 4) is 0 Å². The van der Waals surface area contributed by atoms with Crippen LogP contribution in [-0.2, 0) is 23.1 Å².